The molecule has 7 nitrogen and oxygen atoms in total. The van der Waals surface area contributed by atoms with Gasteiger partial charge in [0.2, 0.25) is 11.8 Å². The lowest BCUT2D eigenvalue weighted by Gasteiger charge is -2.33. The molecule has 2 amide bonds. The van der Waals surface area contributed by atoms with Crippen LogP contribution < -0.4 is 9.62 Å². The van der Waals surface area contributed by atoms with E-state index in [2.05, 4.69) is 5.32 Å². The molecule has 0 aliphatic heterocycles. The van der Waals surface area contributed by atoms with Crippen LogP contribution in [0.25, 0.3) is 0 Å². The molecule has 1 atom stereocenters. The highest BCUT2D eigenvalue weighted by Gasteiger charge is 2.36. The molecule has 1 N–H and O–H groups in total. The fraction of sp³-hybridized carbons (Fsp3) is 0.333. The highest BCUT2D eigenvalue weighted by molar-refractivity contribution is 7.92. The first-order valence-corrected chi connectivity index (χ1v) is 15.6. The van der Waals surface area contributed by atoms with Gasteiger partial charge in [0.1, 0.15) is 12.6 Å². The second-order valence-corrected chi connectivity index (χ2v) is 12.9. The van der Waals surface area contributed by atoms with E-state index in [4.69, 9.17) is 23.2 Å². The van der Waals surface area contributed by atoms with Crippen molar-refractivity contribution in [1.29, 1.82) is 0 Å². The Morgan fingerprint density at radius 3 is 2.19 bits per heavy atom. The van der Waals surface area contributed by atoms with E-state index in [0.717, 1.165) is 12.1 Å². The van der Waals surface area contributed by atoms with Crippen molar-refractivity contribution in [2.75, 3.05) is 17.4 Å². The molecular formula is C30H32Cl2F3N3O4S. The Morgan fingerprint density at radius 2 is 1.60 bits per heavy atom. The van der Waals surface area contributed by atoms with E-state index in [1.54, 1.807) is 19.1 Å². The van der Waals surface area contributed by atoms with Crippen molar-refractivity contribution in [3.63, 3.8) is 0 Å². The van der Waals surface area contributed by atoms with Crippen LogP contribution in [0.1, 0.15) is 38.3 Å². The van der Waals surface area contributed by atoms with Crippen LogP contribution in [0.3, 0.4) is 0 Å². The molecule has 0 spiro atoms. The van der Waals surface area contributed by atoms with E-state index in [-0.39, 0.29) is 39.5 Å². The Balaban J connectivity index is 2.11. The normalized spacial score (nSPS) is 12.6. The third kappa shape index (κ3) is 8.87. The summed E-state index contributed by atoms with van der Waals surface area (Å²) < 4.78 is 69.1. The van der Waals surface area contributed by atoms with E-state index in [1.165, 1.54) is 47.4 Å². The van der Waals surface area contributed by atoms with Gasteiger partial charge in [0.25, 0.3) is 10.0 Å². The summed E-state index contributed by atoms with van der Waals surface area (Å²) in [7, 11) is -4.52. The molecule has 3 rings (SSSR count). The number of halogens is 5. The van der Waals surface area contributed by atoms with Crippen molar-refractivity contribution >= 4 is 50.7 Å². The maximum absolute atomic E-state index is 14.0. The average molecular weight is 659 g/mol. The van der Waals surface area contributed by atoms with Crippen LogP contribution in [0.2, 0.25) is 10.0 Å². The number of rotatable bonds is 12. The number of hydrogen-bond donors (Lipinski definition) is 1. The Labute approximate surface area is 259 Å². The average Bonchev–Trinajstić information content (AvgIpc) is 2.96. The van der Waals surface area contributed by atoms with Gasteiger partial charge in [-0.2, -0.15) is 13.2 Å². The topological polar surface area (TPSA) is 86.8 Å². The summed E-state index contributed by atoms with van der Waals surface area (Å²) in [6.45, 7) is 4.81. The number of nitrogens with one attached hydrogen (secondary N) is 1. The highest BCUT2D eigenvalue weighted by atomic mass is 35.5. The van der Waals surface area contributed by atoms with Crippen molar-refractivity contribution in [1.82, 2.24) is 10.2 Å². The van der Waals surface area contributed by atoms with Crippen LogP contribution in [-0.4, -0.2) is 44.3 Å². The Kier molecular flexibility index (Phi) is 11.5. The predicted molar refractivity (Wildman–Crippen MR) is 161 cm³/mol. The first kappa shape index (κ1) is 34.2. The van der Waals surface area contributed by atoms with Crippen molar-refractivity contribution < 1.29 is 31.2 Å². The second-order valence-electron chi connectivity index (χ2n) is 10.2. The predicted octanol–water partition coefficient (Wildman–Crippen LogP) is 6.79. The van der Waals surface area contributed by atoms with Gasteiger partial charge in [0.05, 0.1) is 26.2 Å². The molecule has 0 heterocycles. The standard InChI is InChI=1S/C30H32Cl2F3N3O4S/c1-4-27(29(40)36-17-20(2)3)37(18-21-13-14-25(31)26(32)15-21)28(39)19-38(43(41,42)24-11-6-5-7-12-24)23-10-8-9-22(16-23)30(33,34)35/h5-16,20,27H,4,17-19H2,1-3H3,(H,36,40)/t27-/m0/s1. The molecule has 13 heteroatoms. The van der Waals surface area contributed by atoms with E-state index in [1.807, 2.05) is 13.8 Å². The number of nitrogens with zero attached hydrogens (tertiary/aromatic N) is 2. The fourth-order valence-corrected chi connectivity index (χ4v) is 6.01. The number of benzene rings is 3. The number of alkyl halides is 3. The van der Waals surface area contributed by atoms with Crippen LogP contribution in [0.15, 0.2) is 77.7 Å². The van der Waals surface area contributed by atoms with Gasteiger partial charge in [0, 0.05) is 13.1 Å². The van der Waals surface area contributed by atoms with E-state index in [0.29, 0.717) is 22.5 Å². The molecule has 43 heavy (non-hydrogen) atoms. The largest absolute Gasteiger partial charge is 0.416 e. The smallest absolute Gasteiger partial charge is 0.354 e. The van der Waals surface area contributed by atoms with Crippen LogP contribution in [0.5, 0.6) is 0 Å². The van der Waals surface area contributed by atoms with Crippen LogP contribution in [-0.2, 0) is 32.3 Å². The van der Waals surface area contributed by atoms with Gasteiger partial charge in [-0.3, -0.25) is 13.9 Å². The lowest BCUT2D eigenvalue weighted by molar-refractivity contribution is -0.140. The van der Waals surface area contributed by atoms with E-state index < -0.39 is 46.2 Å². The lowest BCUT2D eigenvalue weighted by atomic mass is 10.1. The van der Waals surface area contributed by atoms with Gasteiger partial charge < -0.3 is 10.2 Å². The van der Waals surface area contributed by atoms with Gasteiger partial charge in [-0.1, -0.05) is 74.3 Å². The fourth-order valence-electron chi connectivity index (χ4n) is 4.26. The molecule has 3 aromatic rings. The molecule has 0 saturated heterocycles. The number of hydrogen-bond acceptors (Lipinski definition) is 4. The maximum atomic E-state index is 14.0. The summed E-state index contributed by atoms with van der Waals surface area (Å²) in [6.07, 6.45) is -4.59. The molecular weight excluding hydrogens is 626 g/mol. The number of sulfonamides is 1. The summed E-state index contributed by atoms with van der Waals surface area (Å²) in [6, 6.07) is 14.4. The monoisotopic (exact) mass is 657 g/mol. The number of anilines is 1. The number of carbonyl (C=O) groups is 2. The molecule has 0 fully saturated rings. The Hall–Kier alpha value is -3.28. The second kappa shape index (κ2) is 14.5. The molecule has 0 radical (unpaired) electrons. The molecule has 0 bridgehead atoms. The van der Waals surface area contributed by atoms with Crippen molar-refractivity contribution in [3.05, 3.63) is 94.0 Å². The first-order chi connectivity index (χ1) is 20.1. The van der Waals surface area contributed by atoms with Gasteiger partial charge in [-0.25, -0.2) is 8.42 Å². The molecule has 0 aromatic heterocycles. The van der Waals surface area contributed by atoms with Crippen molar-refractivity contribution in [2.24, 2.45) is 5.92 Å². The third-order valence-electron chi connectivity index (χ3n) is 6.48. The minimum Gasteiger partial charge on any atom is -0.354 e. The molecule has 0 saturated carbocycles. The maximum Gasteiger partial charge on any atom is 0.416 e. The summed E-state index contributed by atoms with van der Waals surface area (Å²) in [5, 5.41) is 3.29. The Bertz CT molecular complexity index is 1540. The minimum atomic E-state index is -4.76. The number of carbonyl (C=O) groups excluding carboxylic acids is 2. The summed E-state index contributed by atoms with van der Waals surface area (Å²) in [5.41, 5.74) is -0.939. The molecule has 0 aliphatic rings. The van der Waals surface area contributed by atoms with Gasteiger partial charge >= 0.3 is 6.18 Å². The highest BCUT2D eigenvalue weighted by Crippen LogP contribution is 2.33. The van der Waals surface area contributed by atoms with E-state index >= 15 is 0 Å². The first-order valence-electron chi connectivity index (χ1n) is 13.4. The molecule has 232 valence electrons. The SMILES string of the molecule is CC[C@@H](C(=O)NCC(C)C)N(Cc1ccc(Cl)c(Cl)c1)C(=O)CN(c1cccc(C(F)(F)F)c1)S(=O)(=O)c1ccccc1. The lowest BCUT2D eigenvalue weighted by Crippen LogP contribution is -2.52. The summed E-state index contributed by atoms with van der Waals surface area (Å²) >= 11 is 12.2. The van der Waals surface area contributed by atoms with Crippen molar-refractivity contribution in [2.45, 2.75) is 50.9 Å². The quantitative estimate of drug-likeness (QED) is 0.232. The molecule has 0 aliphatic carbocycles. The van der Waals surface area contributed by atoms with Crippen molar-refractivity contribution in [3.8, 4) is 0 Å². The van der Waals surface area contributed by atoms with Gasteiger partial charge in [-0.15, -0.1) is 0 Å². The Morgan fingerprint density at radius 1 is 0.930 bits per heavy atom. The molecule has 0 unspecified atom stereocenters. The minimum absolute atomic E-state index is 0.119. The van der Waals surface area contributed by atoms with Gasteiger partial charge in [0.15, 0.2) is 0 Å². The van der Waals surface area contributed by atoms with Gasteiger partial charge in [-0.05, 0) is 60.4 Å². The van der Waals surface area contributed by atoms with Crippen LogP contribution in [0.4, 0.5) is 18.9 Å². The zero-order valence-corrected chi connectivity index (χ0v) is 26.1. The van der Waals surface area contributed by atoms with Crippen LogP contribution in [0, 0.1) is 5.92 Å². The van der Waals surface area contributed by atoms with Crippen LogP contribution >= 0.6 is 23.2 Å². The summed E-state index contributed by atoms with van der Waals surface area (Å²) in [4.78, 5) is 28.3. The third-order valence-corrected chi connectivity index (χ3v) is 9.01. The zero-order chi connectivity index (χ0) is 31.9. The zero-order valence-electron chi connectivity index (χ0n) is 23.7. The summed E-state index contributed by atoms with van der Waals surface area (Å²) in [5.74, 6) is -1.15. The van der Waals surface area contributed by atoms with E-state index in [9.17, 15) is 31.2 Å². The number of amides is 2. The molecule has 3 aromatic carbocycles.